The molecule has 0 aromatic carbocycles. The first-order valence-electron chi connectivity index (χ1n) is 6.96. The van der Waals surface area contributed by atoms with Gasteiger partial charge in [0.15, 0.2) is 5.11 Å². The van der Waals surface area contributed by atoms with Crippen molar-refractivity contribution in [1.82, 2.24) is 15.1 Å². The summed E-state index contributed by atoms with van der Waals surface area (Å²) in [5.41, 5.74) is 0. The van der Waals surface area contributed by atoms with Crippen LogP contribution in [0.5, 0.6) is 0 Å². The largest absolute Gasteiger partial charge is 0.382 e. The number of nitrogens with one attached hydrogen (secondary N) is 1. The van der Waals surface area contributed by atoms with Crippen LogP contribution in [0.15, 0.2) is 0 Å². The number of hydrogen-bond acceptors (Lipinski definition) is 3. The van der Waals surface area contributed by atoms with E-state index < -0.39 is 0 Å². The van der Waals surface area contributed by atoms with Crippen LogP contribution in [-0.4, -0.2) is 67.4 Å². The van der Waals surface area contributed by atoms with E-state index in [1.54, 1.807) is 0 Å². The van der Waals surface area contributed by atoms with E-state index in [9.17, 15) is 0 Å². The highest BCUT2D eigenvalue weighted by Gasteiger charge is 2.21. The molecule has 1 fully saturated rings. The fraction of sp³-hybridized carbons (Fsp3) is 0.923. The Morgan fingerprint density at radius 1 is 1.44 bits per heavy atom. The molecular formula is C13H27N3OS. The Hall–Kier alpha value is -0.390. The molecule has 0 amide bonds. The third-order valence-corrected chi connectivity index (χ3v) is 3.63. The minimum Gasteiger partial charge on any atom is -0.382 e. The van der Waals surface area contributed by atoms with Crippen LogP contribution >= 0.6 is 12.2 Å². The van der Waals surface area contributed by atoms with E-state index in [0.29, 0.717) is 6.04 Å². The van der Waals surface area contributed by atoms with E-state index in [1.807, 2.05) is 6.92 Å². The molecule has 1 aliphatic heterocycles. The highest BCUT2D eigenvalue weighted by Crippen LogP contribution is 2.08. The minimum atomic E-state index is 0.490. The summed E-state index contributed by atoms with van der Waals surface area (Å²) in [4.78, 5) is 4.70. The van der Waals surface area contributed by atoms with Gasteiger partial charge in [-0.3, -0.25) is 0 Å². The fourth-order valence-corrected chi connectivity index (χ4v) is 2.66. The lowest BCUT2D eigenvalue weighted by Gasteiger charge is -2.30. The van der Waals surface area contributed by atoms with Crippen molar-refractivity contribution < 1.29 is 4.74 Å². The lowest BCUT2D eigenvalue weighted by atomic mass is 10.3. The van der Waals surface area contributed by atoms with E-state index >= 15 is 0 Å². The Balaban J connectivity index is 2.26. The molecule has 1 aliphatic rings. The lowest BCUT2D eigenvalue weighted by molar-refractivity contribution is 0.145. The Morgan fingerprint density at radius 2 is 2.22 bits per heavy atom. The van der Waals surface area contributed by atoms with Gasteiger partial charge < -0.3 is 19.9 Å². The van der Waals surface area contributed by atoms with Crippen molar-refractivity contribution >= 4 is 17.3 Å². The number of likely N-dealkylation sites (N-methyl/N-ethyl adjacent to an activating group) is 1. The van der Waals surface area contributed by atoms with Gasteiger partial charge in [0.05, 0.1) is 0 Å². The summed E-state index contributed by atoms with van der Waals surface area (Å²) in [6.45, 7) is 10.1. The van der Waals surface area contributed by atoms with Crippen LogP contribution in [0.4, 0.5) is 0 Å². The average molecular weight is 273 g/mol. The third-order valence-electron chi connectivity index (χ3n) is 3.25. The number of rotatable bonds is 5. The Kier molecular flexibility index (Phi) is 7.54. The molecular weight excluding hydrogens is 246 g/mol. The molecule has 1 N–H and O–H groups in total. The van der Waals surface area contributed by atoms with Crippen molar-refractivity contribution in [1.29, 1.82) is 0 Å². The molecule has 0 radical (unpaired) electrons. The van der Waals surface area contributed by atoms with Gasteiger partial charge in [-0.25, -0.2) is 0 Å². The van der Waals surface area contributed by atoms with Crippen LogP contribution in [-0.2, 0) is 4.74 Å². The third kappa shape index (κ3) is 5.50. The van der Waals surface area contributed by atoms with E-state index in [1.165, 1.54) is 6.42 Å². The van der Waals surface area contributed by atoms with Crippen LogP contribution in [0.25, 0.3) is 0 Å². The summed E-state index contributed by atoms with van der Waals surface area (Å²) in [6, 6.07) is 0.490. The van der Waals surface area contributed by atoms with Gasteiger partial charge in [0.1, 0.15) is 0 Å². The first-order valence-corrected chi connectivity index (χ1v) is 7.36. The monoisotopic (exact) mass is 273 g/mol. The summed E-state index contributed by atoms with van der Waals surface area (Å²) in [5, 5.41) is 4.24. The second-order valence-corrected chi connectivity index (χ2v) is 5.33. The summed E-state index contributed by atoms with van der Waals surface area (Å²) in [5.74, 6) is 0. The van der Waals surface area contributed by atoms with Gasteiger partial charge in [-0.05, 0) is 52.5 Å². The maximum absolute atomic E-state index is 5.48. The van der Waals surface area contributed by atoms with Gasteiger partial charge in [-0.2, -0.15) is 0 Å². The van der Waals surface area contributed by atoms with Gasteiger partial charge in [0.25, 0.3) is 0 Å². The molecule has 0 aromatic rings. The topological polar surface area (TPSA) is 27.7 Å². The maximum Gasteiger partial charge on any atom is 0.169 e. The molecule has 1 heterocycles. The molecule has 1 atom stereocenters. The number of nitrogens with zero attached hydrogens (tertiary/aromatic N) is 2. The SMILES string of the molecule is CCOCCCNC(=S)N1CCCN(C)CC1C. The van der Waals surface area contributed by atoms with Crippen molar-refractivity contribution in [2.45, 2.75) is 32.7 Å². The second kappa shape index (κ2) is 8.67. The van der Waals surface area contributed by atoms with Crippen molar-refractivity contribution in [2.24, 2.45) is 0 Å². The summed E-state index contributed by atoms with van der Waals surface area (Å²) >= 11 is 5.48. The minimum absolute atomic E-state index is 0.490. The zero-order valence-electron chi connectivity index (χ0n) is 11.9. The number of ether oxygens (including phenoxy) is 1. The predicted molar refractivity (Wildman–Crippen MR) is 80.0 cm³/mol. The Labute approximate surface area is 117 Å². The summed E-state index contributed by atoms with van der Waals surface area (Å²) in [7, 11) is 2.18. The molecule has 5 heteroatoms. The van der Waals surface area contributed by atoms with Gasteiger partial charge in [-0.15, -0.1) is 0 Å². The molecule has 0 saturated carbocycles. The van der Waals surface area contributed by atoms with Crippen LogP contribution in [0.3, 0.4) is 0 Å². The van der Waals surface area contributed by atoms with Crippen LogP contribution < -0.4 is 5.32 Å². The summed E-state index contributed by atoms with van der Waals surface area (Å²) < 4.78 is 5.31. The maximum atomic E-state index is 5.48. The zero-order valence-corrected chi connectivity index (χ0v) is 12.8. The molecule has 18 heavy (non-hydrogen) atoms. The first kappa shape index (κ1) is 15.7. The van der Waals surface area contributed by atoms with Gasteiger partial charge >= 0.3 is 0 Å². The standard InChI is InChI=1S/C13H27N3OS/c1-4-17-10-5-7-14-13(18)16-9-6-8-15(3)11-12(16)2/h12H,4-11H2,1-3H3,(H,14,18). The summed E-state index contributed by atoms with van der Waals surface area (Å²) in [6.07, 6.45) is 2.19. The van der Waals surface area contributed by atoms with E-state index in [0.717, 1.165) is 50.9 Å². The first-order chi connectivity index (χ1) is 8.65. The fourth-order valence-electron chi connectivity index (χ4n) is 2.29. The highest BCUT2D eigenvalue weighted by atomic mass is 32.1. The quantitative estimate of drug-likeness (QED) is 0.602. The average Bonchev–Trinajstić information content (AvgIpc) is 2.49. The number of hydrogen-bond donors (Lipinski definition) is 1. The van der Waals surface area contributed by atoms with Crippen molar-refractivity contribution in [3.63, 3.8) is 0 Å². The molecule has 0 aliphatic carbocycles. The number of thiocarbonyl (C=S) groups is 1. The molecule has 1 rings (SSSR count). The molecule has 0 bridgehead atoms. The van der Waals surface area contributed by atoms with E-state index in [4.69, 9.17) is 17.0 Å². The molecule has 0 aromatic heterocycles. The van der Waals surface area contributed by atoms with E-state index in [-0.39, 0.29) is 0 Å². The van der Waals surface area contributed by atoms with Crippen LogP contribution in [0.1, 0.15) is 26.7 Å². The smallest absolute Gasteiger partial charge is 0.169 e. The predicted octanol–water partition coefficient (Wildman–Crippen LogP) is 1.31. The zero-order chi connectivity index (χ0) is 13.4. The molecule has 106 valence electrons. The van der Waals surface area contributed by atoms with Crippen molar-refractivity contribution in [2.75, 3.05) is 46.4 Å². The lowest BCUT2D eigenvalue weighted by Crippen LogP contribution is -2.47. The Bertz CT molecular complexity index is 250. The van der Waals surface area contributed by atoms with Crippen LogP contribution in [0, 0.1) is 0 Å². The normalized spacial score (nSPS) is 21.7. The van der Waals surface area contributed by atoms with Gasteiger partial charge in [0.2, 0.25) is 0 Å². The molecule has 0 spiro atoms. The Morgan fingerprint density at radius 3 is 2.94 bits per heavy atom. The molecule has 4 nitrogen and oxygen atoms in total. The van der Waals surface area contributed by atoms with Crippen molar-refractivity contribution in [3.05, 3.63) is 0 Å². The highest BCUT2D eigenvalue weighted by molar-refractivity contribution is 7.80. The molecule has 1 unspecified atom stereocenters. The molecule has 1 saturated heterocycles. The van der Waals surface area contributed by atoms with Gasteiger partial charge in [0, 0.05) is 38.9 Å². The second-order valence-electron chi connectivity index (χ2n) is 4.94. The van der Waals surface area contributed by atoms with Crippen LogP contribution in [0.2, 0.25) is 0 Å². The van der Waals surface area contributed by atoms with E-state index in [2.05, 4.69) is 29.1 Å². The van der Waals surface area contributed by atoms with Gasteiger partial charge in [-0.1, -0.05) is 0 Å². The van der Waals surface area contributed by atoms with Crippen molar-refractivity contribution in [3.8, 4) is 0 Å².